The van der Waals surface area contributed by atoms with Crippen LogP contribution in [0.1, 0.15) is 20.7 Å². The lowest BCUT2D eigenvalue weighted by atomic mass is 10.1. The van der Waals surface area contributed by atoms with E-state index in [-0.39, 0.29) is 54.0 Å². The molecule has 0 aliphatic carbocycles. The minimum atomic E-state index is -1.11. The van der Waals surface area contributed by atoms with Gasteiger partial charge >= 0.3 is 12.0 Å². The van der Waals surface area contributed by atoms with Gasteiger partial charge in [-0.2, -0.15) is 0 Å². The molecule has 8 heteroatoms. The smallest absolute Gasteiger partial charge is 0.353 e. The number of amides is 3. The van der Waals surface area contributed by atoms with Gasteiger partial charge in [-0.3, -0.25) is 4.79 Å². The number of para-hydroxylation sites is 1. The number of benzene rings is 2. The lowest BCUT2D eigenvalue weighted by molar-refractivity contribution is 0.0663. The van der Waals surface area contributed by atoms with Crippen molar-refractivity contribution in [3.05, 3.63) is 65.7 Å². The Kier molecular flexibility index (Phi) is 5.35. The van der Waals surface area contributed by atoms with E-state index in [4.69, 9.17) is 5.11 Å². The second-order valence-electron chi connectivity index (χ2n) is 6.06. The zero-order valence-electron chi connectivity index (χ0n) is 14.4. The largest absolute Gasteiger partial charge is 0.478 e. The van der Waals surface area contributed by atoms with Crippen molar-refractivity contribution in [3.8, 4) is 0 Å². The van der Waals surface area contributed by atoms with Crippen LogP contribution in [-0.2, 0) is 0 Å². The highest BCUT2D eigenvalue weighted by Crippen LogP contribution is 2.18. The number of hydrogen-bond donors (Lipinski definition) is 1. The van der Waals surface area contributed by atoms with E-state index in [1.54, 1.807) is 24.3 Å². The molecule has 27 heavy (non-hydrogen) atoms. The number of urea groups is 1. The zero-order valence-corrected chi connectivity index (χ0v) is 14.4. The maximum atomic E-state index is 14.3. The van der Waals surface area contributed by atoms with Crippen LogP contribution in [0, 0.1) is 0 Å². The summed E-state index contributed by atoms with van der Waals surface area (Å²) in [7, 11) is 0. The Labute approximate surface area is 155 Å². The number of rotatable bonds is 3. The molecule has 2 aromatic carbocycles. The number of piperazine rings is 1. The van der Waals surface area contributed by atoms with Gasteiger partial charge in [0.15, 0.2) is 0 Å². The molecule has 1 aliphatic heterocycles. The summed E-state index contributed by atoms with van der Waals surface area (Å²) in [6, 6.07) is 13.0. The van der Waals surface area contributed by atoms with Crippen LogP contribution in [0.25, 0.3) is 0 Å². The normalized spacial score (nSPS) is 14.0. The van der Waals surface area contributed by atoms with Gasteiger partial charge in [0.2, 0.25) is 0 Å². The van der Waals surface area contributed by atoms with Gasteiger partial charge in [0.25, 0.3) is 5.91 Å². The Morgan fingerprint density at radius 3 is 2.07 bits per heavy atom. The van der Waals surface area contributed by atoms with E-state index in [0.717, 1.165) is 0 Å². The van der Waals surface area contributed by atoms with Crippen molar-refractivity contribution in [2.24, 2.45) is 0 Å². The number of carboxylic acids is 1. The summed E-state index contributed by atoms with van der Waals surface area (Å²) >= 11 is 0. The molecule has 0 unspecified atom stereocenters. The molecule has 1 fully saturated rings. The van der Waals surface area contributed by atoms with E-state index < -0.39 is 12.0 Å². The monoisotopic (exact) mass is 371 g/mol. The van der Waals surface area contributed by atoms with Crippen molar-refractivity contribution in [1.82, 2.24) is 9.80 Å². The number of hydrogen-bond acceptors (Lipinski definition) is 3. The molecule has 1 N–H and O–H groups in total. The lowest BCUT2D eigenvalue weighted by Crippen LogP contribution is -2.53. The second kappa shape index (κ2) is 7.86. The first-order valence-electron chi connectivity index (χ1n) is 8.40. The number of anilines is 1. The molecule has 140 valence electrons. The molecular formula is C19H18FN3O4. The predicted molar refractivity (Wildman–Crippen MR) is 96.3 cm³/mol. The van der Waals surface area contributed by atoms with Crippen LogP contribution in [0.4, 0.5) is 15.0 Å². The van der Waals surface area contributed by atoms with E-state index in [0.29, 0.717) is 0 Å². The van der Waals surface area contributed by atoms with Crippen molar-refractivity contribution in [2.75, 3.05) is 31.3 Å². The molecule has 0 saturated carbocycles. The predicted octanol–water partition coefficient (Wildman–Crippen LogP) is 2.65. The Bertz CT molecular complexity index is 851. The number of carbonyl (C=O) groups excluding carboxylic acids is 2. The molecule has 7 nitrogen and oxygen atoms in total. The van der Waals surface area contributed by atoms with Gasteiger partial charge < -0.3 is 14.9 Å². The Morgan fingerprint density at radius 2 is 1.44 bits per heavy atom. The SMILES string of the molecule is O=C(O)c1cccc(C(=O)N2CCN(C(=O)N(F)c3ccccc3)CC2)c1. The van der Waals surface area contributed by atoms with E-state index in [2.05, 4.69) is 0 Å². The van der Waals surface area contributed by atoms with Crippen LogP contribution < -0.4 is 5.12 Å². The molecule has 1 aliphatic rings. The topological polar surface area (TPSA) is 81.2 Å². The second-order valence-corrected chi connectivity index (χ2v) is 6.06. The third-order valence-corrected chi connectivity index (χ3v) is 4.34. The molecule has 0 aromatic heterocycles. The number of halogens is 1. The van der Waals surface area contributed by atoms with E-state index >= 15 is 0 Å². The molecule has 2 aromatic rings. The van der Waals surface area contributed by atoms with Gasteiger partial charge in [0.1, 0.15) is 0 Å². The zero-order chi connectivity index (χ0) is 19.4. The summed E-state index contributed by atoms with van der Waals surface area (Å²) in [5, 5.41) is 9.13. The van der Waals surface area contributed by atoms with Gasteiger partial charge in [-0.15, -0.1) is 5.12 Å². The highest BCUT2D eigenvalue weighted by atomic mass is 19.2. The van der Waals surface area contributed by atoms with Crippen LogP contribution in [0.15, 0.2) is 54.6 Å². The van der Waals surface area contributed by atoms with E-state index in [1.165, 1.54) is 40.1 Å². The van der Waals surface area contributed by atoms with Crippen molar-refractivity contribution >= 4 is 23.6 Å². The first-order valence-corrected chi connectivity index (χ1v) is 8.40. The molecule has 1 saturated heterocycles. The Balaban J connectivity index is 1.61. The van der Waals surface area contributed by atoms with Crippen LogP contribution in [-0.4, -0.2) is 59.0 Å². The van der Waals surface area contributed by atoms with E-state index in [1.807, 2.05) is 0 Å². The third-order valence-electron chi connectivity index (χ3n) is 4.34. The molecule has 0 bridgehead atoms. The quantitative estimate of drug-likeness (QED) is 0.841. The minimum absolute atomic E-state index is 0.0330. The number of carbonyl (C=O) groups is 3. The Morgan fingerprint density at radius 1 is 0.852 bits per heavy atom. The summed E-state index contributed by atoms with van der Waals surface area (Å²) < 4.78 is 14.3. The summed E-state index contributed by atoms with van der Waals surface area (Å²) in [4.78, 5) is 38.7. The van der Waals surface area contributed by atoms with Gasteiger partial charge in [0, 0.05) is 31.7 Å². The number of carboxylic acid groups (broad SMARTS) is 1. The molecular weight excluding hydrogens is 353 g/mol. The van der Waals surface area contributed by atoms with Crippen molar-refractivity contribution in [2.45, 2.75) is 0 Å². The van der Waals surface area contributed by atoms with Gasteiger partial charge in [-0.05, 0) is 30.3 Å². The third kappa shape index (κ3) is 4.05. The van der Waals surface area contributed by atoms with Crippen molar-refractivity contribution in [1.29, 1.82) is 0 Å². The fourth-order valence-electron chi connectivity index (χ4n) is 2.86. The fourth-order valence-corrected chi connectivity index (χ4v) is 2.86. The number of nitrogens with zero attached hydrogens (tertiary/aromatic N) is 3. The van der Waals surface area contributed by atoms with Gasteiger partial charge in [-0.1, -0.05) is 28.7 Å². The molecule has 0 radical (unpaired) electrons. The maximum absolute atomic E-state index is 14.3. The van der Waals surface area contributed by atoms with Crippen molar-refractivity contribution < 1.29 is 24.0 Å². The summed E-state index contributed by atoms with van der Waals surface area (Å²) in [6.45, 7) is 0.863. The standard InChI is InChI=1S/C19H18FN3O4/c20-23(16-7-2-1-3-8-16)19(27)22-11-9-21(10-12-22)17(24)14-5-4-6-15(13-14)18(25)26/h1-8,13H,9-12H2,(H,25,26). The van der Waals surface area contributed by atoms with Crippen molar-refractivity contribution in [3.63, 3.8) is 0 Å². The lowest BCUT2D eigenvalue weighted by Gasteiger charge is -2.35. The van der Waals surface area contributed by atoms with Crippen LogP contribution in [0.5, 0.6) is 0 Å². The highest BCUT2D eigenvalue weighted by molar-refractivity contribution is 5.97. The molecule has 0 atom stereocenters. The summed E-state index contributed by atoms with van der Waals surface area (Å²) in [5.41, 5.74) is 0.447. The summed E-state index contributed by atoms with van der Waals surface area (Å²) in [6.07, 6.45) is 0. The highest BCUT2D eigenvalue weighted by Gasteiger charge is 2.28. The summed E-state index contributed by atoms with van der Waals surface area (Å²) in [5.74, 6) is -1.42. The maximum Gasteiger partial charge on any atom is 0.353 e. The average Bonchev–Trinajstić information content (AvgIpc) is 2.73. The van der Waals surface area contributed by atoms with Gasteiger partial charge in [-0.25, -0.2) is 9.59 Å². The van der Waals surface area contributed by atoms with Gasteiger partial charge in [0.05, 0.1) is 11.3 Å². The minimum Gasteiger partial charge on any atom is -0.478 e. The van der Waals surface area contributed by atoms with Crippen LogP contribution >= 0.6 is 0 Å². The molecule has 3 amide bonds. The first kappa shape index (κ1) is 18.4. The first-order chi connectivity index (χ1) is 13.0. The van der Waals surface area contributed by atoms with Crippen LogP contribution in [0.2, 0.25) is 0 Å². The fraction of sp³-hybridized carbons (Fsp3) is 0.211. The van der Waals surface area contributed by atoms with Crippen LogP contribution in [0.3, 0.4) is 0 Å². The Hall–Kier alpha value is -3.42. The molecule has 1 heterocycles. The van der Waals surface area contributed by atoms with E-state index in [9.17, 15) is 18.9 Å². The molecule has 0 spiro atoms. The average molecular weight is 371 g/mol. The number of aromatic carboxylic acids is 1. The molecule has 3 rings (SSSR count).